The van der Waals surface area contributed by atoms with Crippen LogP contribution in [0.25, 0.3) is 10.9 Å². The van der Waals surface area contributed by atoms with Crippen molar-refractivity contribution < 1.29 is 4.79 Å². The van der Waals surface area contributed by atoms with Gasteiger partial charge in [0.25, 0.3) is 5.91 Å². The van der Waals surface area contributed by atoms with Gasteiger partial charge in [0.15, 0.2) is 0 Å². The quantitative estimate of drug-likeness (QED) is 0.903. The Morgan fingerprint density at radius 2 is 2.16 bits per heavy atom. The summed E-state index contributed by atoms with van der Waals surface area (Å²) in [5.41, 5.74) is 1.82. The summed E-state index contributed by atoms with van der Waals surface area (Å²) >= 11 is 2.02. The highest BCUT2D eigenvalue weighted by atomic mass is 32.2. The van der Waals surface area contributed by atoms with Crippen molar-refractivity contribution in [2.45, 2.75) is 12.8 Å². The maximum atomic E-state index is 12.1. The van der Waals surface area contributed by atoms with Gasteiger partial charge in [0.05, 0.1) is 0 Å². The van der Waals surface area contributed by atoms with Crippen LogP contribution in [0.4, 0.5) is 0 Å². The summed E-state index contributed by atoms with van der Waals surface area (Å²) in [6, 6.07) is 7.77. The van der Waals surface area contributed by atoms with Gasteiger partial charge in [-0.2, -0.15) is 11.8 Å². The summed E-state index contributed by atoms with van der Waals surface area (Å²) in [5.74, 6) is 3.16. The van der Waals surface area contributed by atoms with E-state index >= 15 is 0 Å². The van der Waals surface area contributed by atoms with E-state index in [9.17, 15) is 4.79 Å². The summed E-state index contributed by atoms with van der Waals surface area (Å²) < 4.78 is 0. The predicted octanol–water partition coefficient (Wildman–Crippen LogP) is 3.04. The van der Waals surface area contributed by atoms with Gasteiger partial charge in [0, 0.05) is 29.2 Å². The Morgan fingerprint density at radius 1 is 1.32 bits per heavy atom. The second-order valence-electron chi connectivity index (χ2n) is 5.05. The SMILES string of the molecule is O=C(NCC1CCSCC1)c1ccc2[nH]ccc2c1. The molecule has 2 heterocycles. The molecule has 0 saturated carbocycles. The van der Waals surface area contributed by atoms with Crippen molar-refractivity contribution in [2.75, 3.05) is 18.1 Å². The summed E-state index contributed by atoms with van der Waals surface area (Å²) in [6.45, 7) is 0.810. The number of aromatic nitrogens is 1. The number of aromatic amines is 1. The first-order chi connectivity index (χ1) is 9.33. The number of hydrogen-bond acceptors (Lipinski definition) is 2. The molecule has 100 valence electrons. The summed E-state index contributed by atoms with van der Waals surface area (Å²) in [6.07, 6.45) is 4.34. The highest BCUT2D eigenvalue weighted by Crippen LogP contribution is 2.22. The van der Waals surface area contributed by atoms with Crippen LogP contribution in [0.15, 0.2) is 30.5 Å². The first-order valence-electron chi connectivity index (χ1n) is 6.76. The summed E-state index contributed by atoms with van der Waals surface area (Å²) in [5, 5.41) is 4.15. The molecule has 0 aliphatic carbocycles. The van der Waals surface area contributed by atoms with E-state index in [-0.39, 0.29) is 5.91 Å². The maximum Gasteiger partial charge on any atom is 0.251 e. The molecule has 1 aromatic heterocycles. The van der Waals surface area contributed by atoms with Gasteiger partial charge in [-0.05, 0) is 54.5 Å². The first kappa shape index (κ1) is 12.6. The fourth-order valence-corrected chi connectivity index (χ4v) is 3.69. The predicted molar refractivity (Wildman–Crippen MR) is 80.7 cm³/mol. The van der Waals surface area contributed by atoms with Crippen molar-refractivity contribution in [3.63, 3.8) is 0 Å². The molecular formula is C15H18N2OS. The molecule has 1 fully saturated rings. The van der Waals surface area contributed by atoms with E-state index in [1.807, 2.05) is 42.2 Å². The molecule has 1 aliphatic heterocycles. The van der Waals surface area contributed by atoms with Crippen LogP contribution in [0.1, 0.15) is 23.2 Å². The molecule has 2 aromatic rings. The highest BCUT2D eigenvalue weighted by Gasteiger charge is 2.15. The van der Waals surface area contributed by atoms with E-state index in [0.717, 1.165) is 23.0 Å². The lowest BCUT2D eigenvalue weighted by Crippen LogP contribution is -2.30. The lowest BCUT2D eigenvalue weighted by Gasteiger charge is -2.21. The van der Waals surface area contributed by atoms with Gasteiger partial charge in [0.1, 0.15) is 0 Å². The van der Waals surface area contributed by atoms with Crippen molar-refractivity contribution in [3.8, 4) is 0 Å². The molecule has 0 radical (unpaired) electrons. The Kier molecular flexibility index (Phi) is 3.78. The van der Waals surface area contributed by atoms with Crippen LogP contribution >= 0.6 is 11.8 Å². The zero-order chi connectivity index (χ0) is 13.1. The minimum atomic E-state index is 0.0429. The average molecular weight is 274 g/mol. The lowest BCUT2D eigenvalue weighted by atomic mass is 10.0. The van der Waals surface area contributed by atoms with Crippen LogP contribution in [0.2, 0.25) is 0 Å². The minimum Gasteiger partial charge on any atom is -0.361 e. The van der Waals surface area contributed by atoms with Crippen LogP contribution in [-0.2, 0) is 0 Å². The van der Waals surface area contributed by atoms with Gasteiger partial charge in [-0.1, -0.05) is 0 Å². The molecule has 0 unspecified atom stereocenters. The van der Waals surface area contributed by atoms with E-state index in [4.69, 9.17) is 0 Å². The van der Waals surface area contributed by atoms with Gasteiger partial charge in [-0.25, -0.2) is 0 Å². The van der Waals surface area contributed by atoms with Crippen LogP contribution < -0.4 is 5.32 Å². The molecule has 1 saturated heterocycles. The monoisotopic (exact) mass is 274 g/mol. The van der Waals surface area contributed by atoms with Gasteiger partial charge in [-0.15, -0.1) is 0 Å². The molecule has 0 bridgehead atoms. The third-order valence-electron chi connectivity index (χ3n) is 3.71. The molecule has 4 heteroatoms. The van der Waals surface area contributed by atoms with Gasteiger partial charge in [0.2, 0.25) is 0 Å². The Balaban J connectivity index is 1.62. The number of H-pyrrole nitrogens is 1. The van der Waals surface area contributed by atoms with Crippen molar-refractivity contribution in [3.05, 3.63) is 36.0 Å². The van der Waals surface area contributed by atoms with Gasteiger partial charge in [-0.3, -0.25) is 4.79 Å². The molecule has 1 amide bonds. The number of fused-ring (bicyclic) bond motifs is 1. The van der Waals surface area contributed by atoms with Crippen molar-refractivity contribution in [1.29, 1.82) is 0 Å². The molecule has 3 nitrogen and oxygen atoms in total. The summed E-state index contributed by atoms with van der Waals surface area (Å²) in [4.78, 5) is 15.3. The van der Waals surface area contributed by atoms with Crippen LogP contribution in [-0.4, -0.2) is 28.9 Å². The number of thioether (sulfide) groups is 1. The highest BCUT2D eigenvalue weighted by molar-refractivity contribution is 7.99. The maximum absolute atomic E-state index is 12.1. The standard InChI is InChI=1S/C15H18N2OS/c18-15(17-10-11-4-7-19-8-5-11)13-1-2-14-12(9-13)3-6-16-14/h1-3,6,9,11,16H,4-5,7-8,10H2,(H,17,18). The number of carbonyl (C=O) groups excluding carboxylic acids is 1. The number of nitrogens with one attached hydrogen (secondary N) is 2. The molecule has 3 rings (SSSR count). The average Bonchev–Trinajstić information content (AvgIpc) is 2.93. The van der Waals surface area contributed by atoms with E-state index in [2.05, 4.69) is 10.3 Å². The number of carbonyl (C=O) groups is 1. The van der Waals surface area contributed by atoms with E-state index in [1.165, 1.54) is 24.3 Å². The smallest absolute Gasteiger partial charge is 0.251 e. The van der Waals surface area contributed by atoms with Crippen molar-refractivity contribution in [1.82, 2.24) is 10.3 Å². The van der Waals surface area contributed by atoms with Gasteiger partial charge >= 0.3 is 0 Å². The molecule has 0 atom stereocenters. The molecule has 1 aromatic carbocycles. The fraction of sp³-hybridized carbons (Fsp3) is 0.400. The second-order valence-corrected chi connectivity index (χ2v) is 6.27. The Morgan fingerprint density at radius 3 is 3.00 bits per heavy atom. The number of amides is 1. The van der Waals surface area contributed by atoms with Crippen LogP contribution in [0, 0.1) is 5.92 Å². The third kappa shape index (κ3) is 2.95. The van der Waals surface area contributed by atoms with E-state index in [1.54, 1.807) is 0 Å². The Hall–Kier alpha value is -1.42. The van der Waals surface area contributed by atoms with Crippen molar-refractivity contribution >= 4 is 28.6 Å². The minimum absolute atomic E-state index is 0.0429. The molecule has 2 N–H and O–H groups in total. The zero-order valence-electron chi connectivity index (χ0n) is 10.8. The zero-order valence-corrected chi connectivity index (χ0v) is 11.6. The molecule has 0 spiro atoms. The molecular weight excluding hydrogens is 256 g/mol. The van der Waals surface area contributed by atoms with E-state index in [0.29, 0.717) is 5.92 Å². The number of hydrogen-bond donors (Lipinski definition) is 2. The van der Waals surface area contributed by atoms with E-state index < -0.39 is 0 Å². The number of rotatable bonds is 3. The summed E-state index contributed by atoms with van der Waals surface area (Å²) in [7, 11) is 0. The first-order valence-corrected chi connectivity index (χ1v) is 7.91. The molecule has 1 aliphatic rings. The van der Waals surface area contributed by atoms with Crippen LogP contribution in [0.3, 0.4) is 0 Å². The largest absolute Gasteiger partial charge is 0.361 e. The third-order valence-corrected chi connectivity index (χ3v) is 4.76. The fourth-order valence-electron chi connectivity index (χ4n) is 2.48. The van der Waals surface area contributed by atoms with Gasteiger partial charge < -0.3 is 10.3 Å². The Labute approximate surface area is 117 Å². The normalized spacial score (nSPS) is 16.6. The lowest BCUT2D eigenvalue weighted by molar-refractivity contribution is 0.0946. The molecule has 19 heavy (non-hydrogen) atoms. The topological polar surface area (TPSA) is 44.9 Å². The number of benzene rings is 1. The van der Waals surface area contributed by atoms with Crippen LogP contribution in [0.5, 0.6) is 0 Å². The van der Waals surface area contributed by atoms with Crippen molar-refractivity contribution in [2.24, 2.45) is 5.92 Å². The Bertz CT molecular complexity index is 572. The second kappa shape index (κ2) is 5.70.